The van der Waals surface area contributed by atoms with E-state index < -0.39 is 0 Å². The number of rotatable bonds is 3. The molecule has 0 amide bonds. The normalized spacial score (nSPS) is 22.4. The zero-order valence-electron chi connectivity index (χ0n) is 14.8. The molecule has 0 saturated heterocycles. The highest BCUT2D eigenvalue weighted by molar-refractivity contribution is 5.55. The van der Waals surface area contributed by atoms with E-state index in [2.05, 4.69) is 66.9 Å². The molecule has 0 aliphatic heterocycles. The summed E-state index contributed by atoms with van der Waals surface area (Å²) in [5.74, 6) is 0.719. The Hall–Kier alpha value is -1.30. The summed E-state index contributed by atoms with van der Waals surface area (Å²) in [4.78, 5) is 0. The molecule has 0 spiro atoms. The Morgan fingerprint density at radius 1 is 1.24 bits per heavy atom. The number of hydrogen-bond acceptors (Lipinski definition) is 0. The van der Waals surface area contributed by atoms with Crippen LogP contribution in [-0.2, 0) is 0 Å². The monoisotopic (exact) mass is 284 g/mol. The summed E-state index contributed by atoms with van der Waals surface area (Å²) in [6.07, 6.45) is 9.82. The molecule has 1 rings (SSSR count). The zero-order chi connectivity index (χ0) is 16.2. The fourth-order valence-electron chi connectivity index (χ4n) is 3.12. The average Bonchev–Trinajstić information content (AvgIpc) is 2.38. The second-order valence-electron chi connectivity index (χ2n) is 7.42. The van der Waals surface area contributed by atoms with Gasteiger partial charge in [0.1, 0.15) is 0 Å². The van der Waals surface area contributed by atoms with Crippen LogP contribution in [0.3, 0.4) is 0 Å². The number of allylic oxidation sites excluding steroid dienone is 8. The summed E-state index contributed by atoms with van der Waals surface area (Å²) >= 11 is 0. The third kappa shape index (κ3) is 4.33. The van der Waals surface area contributed by atoms with E-state index in [-0.39, 0.29) is 0 Å². The molecule has 1 saturated carbocycles. The third-order valence-corrected chi connectivity index (χ3v) is 4.59. The topological polar surface area (TPSA) is 0 Å². The van der Waals surface area contributed by atoms with Gasteiger partial charge in [0.2, 0.25) is 0 Å². The maximum Gasteiger partial charge on any atom is -0.0156 e. The Morgan fingerprint density at radius 2 is 1.86 bits per heavy atom. The Bertz CT molecular complexity index is 497. The van der Waals surface area contributed by atoms with Crippen molar-refractivity contribution in [3.8, 4) is 0 Å². The van der Waals surface area contributed by atoms with Gasteiger partial charge in [-0.2, -0.15) is 0 Å². The van der Waals surface area contributed by atoms with Crippen molar-refractivity contribution in [1.29, 1.82) is 0 Å². The van der Waals surface area contributed by atoms with Gasteiger partial charge in [0.25, 0.3) is 0 Å². The Labute approximate surface area is 132 Å². The molecule has 1 fully saturated rings. The van der Waals surface area contributed by atoms with Gasteiger partial charge in [0.05, 0.1) is 0 Å². The second kappa shape index (κ2) is 7.11. The first-order chi connectivity index (χ1) is 9.72. The molecule has 21 heavy (non-hydrogen) atoms. The van der Waals surface area contributed by atoms with Gasteiger partial charge in [-0.25, -0.2) is 0 Å². The van der Waals surface area contributed by atoms with E-state index in [9.17, 15) is 0 Å². The summed E-state index contributed by atoms with van der Waals surface area (Å²) in [6, 6.07) is 0. The summed E-state index contributed by atoms with van der Waals surface area (Å²) in [6.45, 7) is 21.9. The smallest absolute Gasteiger partial charge is 0.0156 e. The Balaban J connectivity index is 3.36. The first-order valence-corrected chi connectivity index (χ1v) is 8.06. The SMILES string of the molecule is C=C/C(C(/C=C\C)=C(C)C)=C1\CC(C(C)(C)C)CCC1=C. The van der Waals surface area contributed by atoms with Crippen LogP contribution in [0.15, 0.2) is 59.3 Å². The molecule has 0 aromatic carbocycles. The van der Waals surface area contributed by atoms with Crippen molar-refractivity contribution >= 4 is 0 Å². The van der Waals surface area contributed by atoms with Crippen LogP contribution in [0, 0.1) is 11.3 Å². The maximum absolute atomic E-state index is 4.33. The minimum absolute atomic E-state index is 0.351. The van der Waals surface area contributed by atoms with Gasteiger partial charge in [-0.05, 0) is 68.1 Å². The van der Waals surface area contributed by atoms with Crippen molar-refractivity contribution in [2.75, 3.05) is 0 Å². The van der Waals surface area contributed by atoms with Crippen molar-refractivity contribution < 1.29 is 0 Å². The molecule has 0 N–H and O–H groups in total. The summed E-state index contributed by atoms with van der Waals surface area (Å²) in [7, 11) is 0. The van der Waals surface area contributed by atoms with Gasteiger partial charge in [0, 0.05) is 0 Å². The van der Waals surface area contributed by atoms with Gasteiger partial charge < -0.3 is 0 Å². The third-order valence-electron chi connectivity index (χ3n) is 4.59. The van der Waals surface area contributed by atoms with Crippen LogP contribution in [-0.4, -0.2) is 0 Å². The maximum atomic E-state index is 4.33. The second-order valence-corrected chi connectivity index (χ2v) is 7.42. The van der Waals surface area contributed by atoms with E-state index in [1.165, 1.54) is 34.3 Å². The van der Waals surface area contributed by atoms with E-state index in [4.69, 9.17) is 0 Å². The molecule has 1 unspecified atom stereocenters. The van der Waals surface area contributed by atoms with Crippen molar-refractivity contribution in [1.82, 2.24) is 0 Å². The lowest BCUT2D eigenvalue weighted by Crippen LogP contribution is -2.25. The summed E-state index contributed by atoms with van der Waals surface area (Å²) in [5.41, 5.74) is 7.00. The molecule has 0 aromatic heterocycles. The van der Waals surface area contributed by atoms with Crippen LogP contribution in [0.1, 0.15) is 60.8 Å². The van der Waals surface area contributed by atoms with Gasteiger partial charge >= 0.3 is 0 Å². The molecule has 0 heteroatoms. The molecule has 0 heterocycles. The van der Waals surface area contributed by atoms with Gasteiger partial charge in [-0.15, -0.1) is 0 Å². The molecular weight excluding hydrogens is 252 g/mol. The lowest BCUT2D eigenvalue weighted by Gasteiger charge is -2.37. The lowest BCUT2D eigenvalue weighted by molar-refractivity contribution is 0.215. The van der Waals surface area contributed by atoms with Crippen molar-refractivity contribution in [2.45, 2.75) is 60.8 Å². The highest BCUT2D eigenvalue weighted by Crippen LogP contribution is 2.44. The molecule has 1 atom stereocenters. The molecule has 1 aliphatic rings. The van der Waals surface area contributed by atoms with Crippen molar-refractivity contribution in [3.05, 3.63) is 59.3 Å². The van der Waals surface area contributed by atoms with Crippen LogP contribution < -0.4 is 0 Å². The van der Waals surface area contributed by atoms with Crippen molar-refractivity contribution in [2.24, 2.45) is 11.3 Å². The van der Waals surface area contributed by atoms with Gasteiger partial charge in [-0.1, -0.05) is 63.3 Å². The molecule has 0 aromatic rings. The van der Waals surface area contributed by atoms with Crippen LogP contribution >= 0.6 is 0 Å². The first kappa shape index (κ1) is 17.8. The summed E-state index contributed by atoms with van der Waals surface area (Å²) < 4.78 is 0. The minimum Gasteiger partial charge on any atom is -0.0984 e. The highest BCUT2D eigenvalue weighted by atomic mass is 14.4. The predicted molar refractivity (Wildman–Crippen MR) is 96.3 cm³/mol. The quantitative estimate of drug-likeness (QED) is 0.501. The molecular formula is C21H32. The van der Waals surface area contributed by atoms with Crippen LogP contribution in [0.2, 0.25) is 0 Å². The fraction of sp³-hybridized carbons (Fsp3) is 0.524. The first-order valence-electron chi connectivity index (χ1n) is 8.06. The lowest BCUT2D eigenvalue weighted by atomic mass is 9.68. The van der Waals surface area contributed by atoms with Gasteiger partial charge in [0.15, 0.2) is 0 Å². The molecule has 0 bridgehead atoms. The van der Waals surface area contributed by atoms with Gasteiger partial charge in [-0.3, -0.25) is 0 Å². The molecule has 0 nitrogen and oxygen atoms in total. The minimum atomic E-state index is 0.351. The van der Waals surface area contributed by atoms with Crippen LogP contribution in [0.4, 0.5) is 0 Å². The standard InChI is InChI=1S/C21H32/c1-9-11-19(15(3)4)18(10-2)20-14-17(21(6,7)8)13-12-16(20)5/h9-11,17H,2,5,12-14H2,1,3-4,6-8H3/b11-9-,20-18-. The van der Waals surface area contributed by atoms with E-state index in [1.54, 1.807) is 0 Å². The zero-order valence-corrected chi connectivity index (χ0v) is 14.8. The van der Waals surface area contributed by atoms with Crippen LogP contribution in [0.25, 0.3) is 0 Å². The van der Waals surface area contributed by atoms with E-state index in [1.807, 2.05) is 6.08 Å². The predicted octanol–water partition coefficient (Wildman–Crippen LogP) is 6.78. The Morgan fingerprint density at radius 3 is 2.29 bits per heavy atom. The average molecular weight is 284 g/mol. The van der Waals surface area contributed by atoms with Crippen LogP contribution in [0.5, 0.6) is 0 Å². The molecule has 0 radical (unpaired) electrons. The van der Waals surface area contributed by atoms with E-state index >= 15 is 0 Å². The molecule has 116 valence electrons. The van der Waals surface area contributed by atoms with Crippen molar-refractivity contribution in [3.63, 3.8) is 0 Å². The molecule has 1 aliphatic carbocycles. The van der Waals surface area contributed by atoms with E-state index in [0.29, 0.717) is 5.41 Å². The largest absolute Gasteiger partial charge is 0.0984 e. The van der Waals surface area contributed by atoms with E-state index in [0.717, 1.165) is 18.8 Å². The Kier molecular flexibility index (Phi) is 6.01. The summed E-state index contributed by atoms with van der Waals surface area (Å²) in [5, 5.41) is 0. The fourth-order valence-corrected chi connectivity index (χ4v) is 3.12. The highest BCUT2D eigenvalue weighted by Gasteiger charge is 2.30. The number of hydrogen-bond donors (Lipinski definition) is 0.